The fourth-order valence-corrected chi connectivity index (χ4v) is 2.51. The van der Waals surface area contributed by atoms with Gasteiger partial charge < -0.3 is 5.73 Å². The average molecular weight is 309 g/mol. The van der Waals surface area contributed by atoms with Gasteiger partial charge in [0.05, 0.1) is 0 Å². The van der Waals surface area contributed by atoms with Crippen LogP contribution in [0.4, 0.5) is 0 Å². The highest BCUT2D eigenvalue weighted by atomic mass is 79.9. The van der Waals surface area contributed by atoms with Gasteiger partial charge in [0.15, 0.2) is 0 Å². The first-order valence-corrected chi connectivity index (χ1v) is 6.77. The van der Waals surface area contributed by atoms with Crippen LogP contribution < -0.4 is 5.73 Å². The second-order valence-electron chi connectivity index (χ2n) is 4.55. The van der Waals surface area contributed by atoms with Gasteiger partial charge in [-0.25, -0.2) is 9.67 Å². The molecular weight excluding hydrogens is 292 g/mol. The van der Waals surface area contributed by atoms with Gasteiger partial charge in [-0.3, -0.25) is 0 Å². The molecule has 0 amide bonds. The highest BCUT2D eigenvalue weighted by molar-refractivity contribution is 9.10. The van der Waals surface area contributed by atoms with Gasteiger partial charge in [0, 0.05) is 23.0 Å². The van der Waals surface area contributed by atoms with Crippen molar-refractivity contribution in [3.63, 3.8) is 0 Å². The first kappa shape index (κ1) is 13.2. The molecule has 0 saturated carbocycles. The molecule has 2 aromatic rings. The number of rotatable bonds is 4. The average Bonchev–Trinajstić information content (AvgIpc) is 2.77. The van der Waals surface area contributed by atoms with Crippen molar-refractivity contribution >= 4 is 15.9 Å². The van der Waals surface area contributed by atoms with Crippen molar-refractivity contribution in [1.82, 2.24) is 14.8 Å². The lowest BCUT2D eigenvalue weighted by molar-refractivity contribution is 0.493. The van der Waals surface area contributed by atoms with Crippen LogP contribution in [0.1, 0.15) is 37.3 Å². The summed E-state index contributed by atoms with van der Waals surface area (Å²) in [5, 5.41) is 4.22. The highest BCUT2D eigenvalue weighted by Gasteiger charge is 2.15. The third-order valence-electron chi connectivity index (χ3n) is 2.84. The lowest BCUT2D eigenvalue weighted by Crippen LogP contribution is -2.18. The van der Waals surface area contributed by atoms with Crippen molar-refractivity contribution in [3.05, 3.63) is 46.5 Å². The second-order valence-corrected chi connectivity index (χ2v) is 5.40. The Balaban J connectivity index is 2.19. The number of hydrogen-bond donors (Lipinski definition) is 1. The number of halogens is 1. The predicted molar refractivity (Wildman–Crippen MR) is 75.2 cm³/mol. The summed E-state index contributed by atoms with van der Waals surface area (Å²) in [5.74, 6) is 0.924. The molecule has 1 atom stereocenters. The van der Waals surface area contributed by atoms with Crippen LogP contribution >= 0.6 is 15.9 Å². The predicted octanol–water partition coefficient (Wildman–Crippen LogP) is 2.86. The first-order chi connectivity index (χ1) is 8.59. The Morgan fingerprint density at radius 3 is 2.72 bits per heavy atom. The smallest absolute Gasteiger partial charge is 0.138 e. The third-order valence-corrected chi connectivity index (χ3v) is 3.57. The van der Waals surface area contributed by atoms with Crippen LogP contribution in [0.2, 0.25) is 0 Å². The molecule has 1 heterocycles. The number of benzene rings is 1. The summed E-state index contributed by atoms with van der Waals surface area (Å²) in [4.78, 5) is 4.29. The summed E-state index contributed by atoms with van der Waals surface area (Å²) in [6.07, 6.45) is 2.27. The lowest BCUT2D eigenvalue weighted by atomic mass is 10.0. The van der Waals surface area contributed by atoms with Crippen LogP contribution in [0.3, 0.4) is 0 Å². The quantitative estimate of drug-likeness (QED) is 0.945. The first-order valence-electron chi connectivity index (χ1n) is 5.98. The Kier molecular flexibility index (Phi) is 4.14. The maximum atomic E-state index is 6.24. The summed E-state index contributed by atoms with van der Waals surface area (Å²) in [6.45, 7) is 4.17. The van der Waals surface area contributed by atoms with Gasteiger partial charge in [0.25, 0.3) is 0 Å². The molecule has 2 N–H and O–H groups in total. The molecule has 0 saturated heterocycles. The van der Waals surface area contributed by atoms with Gasteiger partial charge in [0.2, 0.25) is 0 Å². The van der Waals surface area contributed by atoms with Crippen LogP contribution in [0.15, 0.2) is 35.1 Å². The molecule has 0 bridgehead atoms. The van der Waals surface area contributed by atoms with Crippen molar-refractivity contribution in [2.24, 2.45) is 5.73 Å². The van der Waals surface area contributed by atoms with E-state index in [2.05, 4.69) is 39.9 Å². The Morgan fingerprint density at radius 2 is 2.06 bits per heavy atom. The molecule has 0 aliphatic rings. The van der Waals surface area contributed by atoms with E-state index in [1.165, 1.54) is 0 Å². The fourth-order valence-electron chi connectivity index (χ4n) is 1.93. The number of aromatic nitrogens is 3. The Hall–Kier alpha value is -1.20. The molecule has 0 aliphatic heterocycles. The molecule has 0 aliphatic carbocycles. The van der Waals surface area contributed by atoms with E-state index in [-0.39, 0.29) is 6.04 Å². The maximum Gasteiger partial charge on any atom is 0.138 e. The molecular formula is C13H17BrN4. The lowest BCUT2D eigenvalue weighted by Gasteiger charge is -2.15. The monoisotopic (exact) mass is 308 g/mol. The van der Waals surface area contributed by atoms with Gasteiger partial charge in [-0.1, -0.05) is 34.1 Å². The fraction of sp³-hybridized carbons (Fsp3) is 0.385. The Labute approximate surface area is 115 Å². The molecule has 1 aromatic carbocycles. The van der Waals surface area contributed by atoms with E-state index in [9.17, 15) is 0 Å². The summed E-state index contributed by atoms with van der Waals surface area (Å²) < 4.78 is 2.95. The Bertz CT molecular complexity index is 521. The molecule has 0 radical (unpaired) electrons. The van der Waals surface area contributed by atoms with Crippen LogP contribution in [-0.4, -0.2) is 14.8 Å². The minimum atomic E-state index is -0.0812. The van der Waals surface area contributed by atoms with E-state index in [1.54, 1.807) is 6.33 Å². The molecule has 1 unspecified atom stereocenters. The molecule has 0 spiro atoms. The van der Waals surface area contributed by atoms with E-state index in [0.29, 0.717) is 12.5 Å². The van der Waals surface area contributed by atoms with Crippen molar-refractivity contribution in [3.8, 4) is 0 Å². The van der Waals surface area contributed by atoms with Crippen LogP contribution in [0, 0.1) is 0 Å². The summed E-state index contributed by atoms with van der Waals surface area (Å²) >= 11 is 3.53. The number of nitrogens with two attached hydrogens (primary N) is 1. The number of nitrogens with zero attached hydrogens (tertiary/aromatic N) is 3. The molecule has 2 rings (SSSR count). The maximum absolute atomic E-state index is 6.24. The molecule has 18 heavy (non-hydrogen) atoms. The third kappa shape index (κ3) is 2.79. The van der Waals surface area contributed by atoms with Crippen LogP contribution in [-0.2, 0) is 6.42 Å². The van der Waals surface area contributed by atoms with Gasteiger partial charge in [0.1, 0.15) is 12.2 Å². The minimum Gasteiger partial charge on any atom is -0.324 e. The van der Waals surface area contributed by atoms with E-state index >= 15 is 0 Å². The van der Waals surface area contributed by atoms with E-state index in [0.717, 1.165) is 15.9 Å². The molecule has 96 valence electrons. The van der Waals surface area contributed by atoms with Crippen LogP contribution in [0.25, 0.3) is 0 Å². The van der Waals surface area contributed by atoms with Crippen molar-refractivity contribution < 1.29 is 0 Å². The Morgan fingerprint density at radius 1 is 1.33 bits per heavy atom. The largest absolute Gasteiger partial charge is 0.324 e. The SMILES string of the molecule is CC(C)n1ncnc1CC(N)c1ccccc1Br. The zero-order valence-corrected chi connectivity index (χ0v) is 12.1. The normalized spacial score (nSPS) is 12.9. The zero-order chi connectivity index (χ0) is 13.1. The highest BCUT2D eigenvalue weighted by Crippen LogP contribution is 2.24. The minimum absolute atomic E-state index is 0.0812. The summed E-state index contributed by atoms with van der Waals surface area (Å²) in [6, 6.07) is 8.23. The van der Waals surface area contributed by atoms with Crippen molar-refractivity contribution in [2.45, 2.75) is 32.4 Å². The van der Waals surface area contributed by atoms with E-state index in [1.807, 2.05) is 28.9 Å². The van der Waals surface area contributed by atoms with Gasteiger partial charge in [-0.2, -0.15) is 5.10 Å². The van der Waals surface area contributed by atoms with Gasteiger partial charge in [-0.05, 0) is 25.5 Å². The molecule has 0 fully saturated rings. The number of hydrogen-bond acceptors (Lipinski definition) is 3. The van der Waals surface area contributed by atoms with E-state index in [4.69, 9.17) is 5.73 Å². The van der Waals surface area contributed by atoms with Crippen molar-refractivity contribution in [2.75, 3.05) is 0 Å². The van der Waals surface area contributed by atoms with Gasteiger partial charge in [-0.15, -0.1) is 0 Å². The molecule has 5 heteroatoms. The molecule has 4 nitrogen and oxygen atoms in total. The summed E-state index contributed by atoms with van der Waals surface area (Å²) in [7, 11) is 0. The zero-order valence-electron chi connectivity index (χ0n) is 10.5. The summed E-state index contributed by atoms with van der Waals surface area (Å²) in [5.41, 5.74) is 7.34. The second kappa shape index (κ2) is 5.63. The standard InChI is InChI=1S/C13H17BrN4/c1-9(2)18-13(16-8-17-18)7-12(15)10-5-3-4-6-11(10)14/h3-6,8-9,12H,7,15H2,1-2H3. The topological polar surface area (TPSA) is 56.7 Å². The van der Waals surface area contributed by atoms with Gasteiger partial charge >= 0.3 is 0 Å². The van der Waals surface area contributed by atoms with Crippen molar-refractivity contribution in [1.29, 1.82) is 0 Å². The molecule has 1 aromatic heterocycles. The van der Waals surface area contributed by atoms with E-state index < -0.39 is 0 Å². The van der Waals surface area contributed by atoms with Crippen LogP contribution in [0.5, 0.6) is 0 Å².